The molecule has 11 heteroatoms. The molecule has 1 N–H and O–H groups in total. The fourth-order valence-corrected chi connectivity index (χ4v) is 3.22. The molecule has 1 aliphatic carbocycles. The number of halogens is 4. The number of nitrogens with zero attached hydrogens (tertiary/aromatic N) is 5. The molecule has 0 saturated heterocycles. The normalized spacial score (nSPS) is 14.1. The summed E-state index contributed by atoms with van der Waals surface area (Å²) in [6.07, 6.45) is 1.32. The summed E-state index contributed by atoms with van der Waals surface area (Å²) in [7, 11) is 0. The van der Waals surface area contributed by atoms with Crippen LogP contribution < -0.4 is 10.1 Å². The number of ether oxygens (including phenoxy) is 1. The van der Waals surface area contributed by atoms with E-state index < -0.39 is 12.2 Å². The second-order valence-electron chi connectivity index (χ2n) is 7.04. The predicted octanol–water partition coefficient (Wildman–Crippen LogP) is 4.87. The number of benzene rings is 1. The molecule has 1 saturated carbocycles. The maximum Gasteiger partial charge on any atom is 0.573 e. The Hall–Kier alpha value is -3.76. The van der Waals surface area contributed by atoms with Crippen molar-refractivity contribution in [2.75, 3.05) is 5.32 Å². The molecule has 0 spiro atoms. The first-order chi connectivity index (χ1) is 14.9. The topological polar surface area (TPSA) is 77.8 Å². The first-order valence-electron chi connectivity index (χ1n) is 9.35. The van der Waals surface area contributed by atoms with Crippen LogP contribution in [0.2, 0.25) is 0 Å². The van der Waals surface area contributed by atoms with Gasteiger partial charge in [0, 0.05) is 17.7 Å². The van der Waals surface area contributed by atoms with Gasteiger partial charge in [-0.15, -0.1) is 13.2 Å². The number of imidazole rings is 1. The van der Waals surface area contributed by atoms with E-state index in [4.69, 9.17) is 0 Å². The van der Waals surface area contributed by atoms with Gasteiger partial charge in [0.05, 0.1) is 24.1 Å². The quantitative estimate of drug-likeness (QED) is 0.455. The number of hydrogen-bond acceptors (Lipinski definition) is 6. The highest BCUT2D eigenvalue weighted by Crippen LogP contribution is 2.41. The number of anilines is 2. The SMILES string of the molecule is Fc1cnc2nc(C3CC3)n(-c3cncc(Nc4ccc(OC(F)(F)F)cc4)n3)c2c1. The molecule has 1 aromatic carbocycles. The molecule has 0 radical (unpaired) electrons. The van der Waals surface area contributed by atoms with Crippen molar-refractivity contribution < 1.29 is 22.3 Å². The average molecular weight is 430 g/mol. The van der Waals surface area contributed by atoms with E-state index in [1.807, 2.05) is 0 Å². The number of aromatic nitrogens is 5. The van der Waals surface area contributed by atoms with Gasteiger partial charge in [-0.1, -0.05) is 0 Å². The van der Waals surface area contributed by atoms with E-state index in [0.717, 1.165) is 24.9 Å². The Kier molecular flexibility index (Phi) is 4.45. The summed E-state index contributed by atoms with van der Waals surface area (Å²) in [5, 5.41) is 2.99. The van der Waals surface area contributed by atoms with Gasteiger partial charge in [0.25, 0.3) is 0 Å². The van der Waals surface area contributed by atoms with Crippen molar-refractivity contribution in [3.63, 3.8) is 0 Å². The van der Waals surface area contributed by atoms with E-state index in [0.29, 0.717) is 28.5 Å². The van der Waals surface area contributed by atoms with Crippen LogP contribution in [0, 0.1) is 5.82 Å². The van der Waals surface area contributed by atoms with Gasteiger partial charge in [-0.25, -0.2) is 19.3 Å². The predicted molar refractivity (Wildman–Crippen MR) is 103 cm³/mol. The van der Waals surface area contributed by atoms with Gasteiger partial charge in [0.1, 0.15) is 17.4 Å². The van der Waals surface area contributed by atoms with Gasteiger partial charge < -0.3 is 10.1 Å². The van der Waals surface area contributed by atoms with Crippen LogP contribution in [0.25, 0.3) is 17.0 Å². The molecule has 5 rings (SSSR count). The lowest BCUT2D eigenvalue weighted by atomic mass is 10.3. The van der Waals surface area contributed by atoms with Crippen LogP contribution in [0.5, 0.6) is 5.75 Å². The molecule has 3 aromatic heterocycles. The second-order valence-corrected chi connectivity index (χ2v) is 7.04. The smallest absolute Gasteiger partial charge is 0.406 e. The molecule has 158 valence electrons. The first kappa shape index (κ1) is 19.2. The van der Waals surface area contributed by atoms with Crippen molar-refractivity contribution in [1.29, 1.82) is 0 Å². The molecule has 0 amide bonds. The highest BCUT2D eigenvalue weighted by molar-refractivity contribution is 5.74. The summed E-state index contributed by atoms with van der Waals surface area (Å²) < 4.78 is 56.3. The fraction of sp³-hybridized carbons (Fsp3) is 0.200. The zero-order valence-corrected chi connectivity index (χ0v) is 15.8. The zero-order valence-electron chi connectivity index (χ0n) is 15.8. The van der Waals surface area contributed by atoms with Crippen LogP contribution in [-0.2, 0) is 0 Å². The molecule has 31 heavy (non-hydrogen) atoms. The summed E-state index contributed by atoms with van der Waals surface area (Å²) in [6.45, 7) is 0. The standard InChI is InChI=1S/C20H14F4N6O/c21-12-7-15-18(26-8-12)29-19(11-1-2-11)30(15)17-10-25-9-16(28-17)27-13-3-5-14(6-4-13)31-20(22,23)24/h3-11H,1-2H2,(H,27,28). The monoisotopic (exact) mass is 430 g/mol. The Morgan fingerprint density at radius 3 is 2.52 bits per heavy atom. The highest BCUT2D eigenvalue weighted by Gasteiger charge is 2.32. The van der Waals surface area contributed by atoms with Gasteiger partial charge in [-0.3, -0.25) is 9.55 Å². The van der Waals surface area contributed by atoms with Crippen LogP contribution in [0.3, 0.4) is 0 Å². The molecule has 0 atom stereocenters. The van der Waals surface area contributed by atoms with Crippen molar-refractivity contribution in [2.24, 2.45) is 0 Å². The van der Waals surface area contributed by atoms with E-state index >= 15 is 0 Å². The van der Waals surface area contributed by atoms with Crippen molar-refractivity contribution in [2.45, 2.75) is 25.1 Å². The van der Waals surface area contributed by atoms with E-state index in [2.05, 4.69) is 30.0 Å². The highest BCUT2D eigenvalue weighted by atomic mass is 19.4. The third kappa shape index (κ3) is 4.11. The number of alkyl halides is 3. The van der Waals surface area contributed by atoms with Crippen LogP contribution in [0.1, 0.15) is 24.6 Å². The minimum Gasteiger partial charge on any atom is -0.406 e. The van der Waals surface area contributed by atoms with Gasteiger partial charge in [-0.05, 0) is 37.1 Å². The minimum atomic E-state index is -4.75. The molecule has 7 nitrogen and oxygen atoms in total. The van der Waals surface area contributed by atoms with Gasteiger partial charge in [-0.2, -0.15) is 0 Å². The van der Waals surface area contributed by atoms with Crippen LogP contribution in [0.4, 0.5) is 29.1 Å². The molecular formula is C20H14F4N6O. The molecular weight excluding hydrogens is 416 g/mol. The number of nitrogens with one attached hydrogen (secondary N) is 1. The molecule has 1 aliphatic rings. The van der Waals surface area contributed by atoms with E-state index in [-0.39, 0.29) is 11.7 Å². The van der Waals surface area contributed by atoms with Gasteiger partial charge >= 0.3 is 6.36 Å². The lowest BCUT2D eigenvalue weighted by Crippen LogP contribution is -2.17. The molecule has 0 bridgehead atoms. The van der Waals surface area contributed by atoms with Crippen molar-refractivity contribution >= 4 is 22.7 Å². The summed E-state index contributed by atoms with van der Waals surface area (Å²) in [6, 6.07) is 6.59. The lowest BCUT2D eigenvalue weighted by Gasteiger charge is -2.11. The van der Waals surface area contributed by atoms with Crippen LogP contribution >= 0.6 is 0 Å². The Morgan fingerprint density at radius 1 is 1.03 bits per heavy atom. The summed E-state index contributed by atoms with van der Waals surface area (Å²) >= 11 is 0. The summed E-state index contributed by atoms with van der Waals surface area (Å²) in [4.78, 5) is 17.3. The second kappa shape index (κ2) is 7.18. The number of rotatable bonds is 5. The minimum absolute atomic E-state index is 0.247. The molecule has 3 heterocycles. The van der Waals surface area contributed by atoms with E-state index in [9.17, 15) is 17.6 Å². The maximum atomic E-state index is 13.8. The largest absolute Gasteiger partial charge is 0.573 e. The summed E-state index contributed by atoms with van der Waals surface area (Å²) in [5.41, 5.74) is 1.40. The van der Waals surface area contributed by atoms with E-state index in [1.165, 1.54) is 42.7 Å². The number of fused-ring (bicyclic) bond motifs is 1. The first-order valence-corrected chi connectivity index (χ1v) is 9.35. The van der Waals surface area contributed by atoms with Crippen molar-refractivity contribution in [1.82, 2.24) is 24.5 Å². The Labute approximate surface area is 172 Å². The Bertz CT molecular complexity index is 1250. The van der Waals surface area contributed by atoms with Crippen LogP contribution in [0.15, 0.2) is 48.9 Å². The Morgan fingerprint density at radius 2 is 1.81 bits per heavy atom. The van der Waals surface area contributed by atoms with Gasteiger partial charge in [0.2, 0.25) is 0 Å². The van der Waals surface area contributed by atoms with Gasteiger partial charge in [0.15, 0.2) is 17.3 Å². The zero-order chi connectivity index (χ0) is 21.6. The molecule has 4 aromatic rings. The lowest BCUT2D eigenvalue weighted by molar-refractivity contribution is -0.274. The van der Waals surface area contributed by atoms with Crippen LogP contribution in [-0.4, -0.2) is 30.9 Å². The molecule has 1 fully saturated rings. The average Bonchev–Trinajstić information content (AvgIpc) is 3.49. The van der Waals surface area contributed by atoms with E-state index in [1.54, 1.807) is 4.57 Å². The van der Waals surface area contributed by atoms with Crippen molar-refractivity contribution in [3.8, 4) is 11.6 Å². The summed E-state index contributed by atoms with van der Waals surface area (Å²) in [5.74, 6) is 0.963. The Balaban J connectivity index is 1.46. The van der Waals surface area contributed by atoms with Crippen molar-refractivity contribution in [3.05, 3.63) is 60.6 Å². The number of pyridine rings is 1. The fourth-order valence-electron chi connectivity index (χ4n) is 3.22. The molecule has 0 unspecified atom stereocenters. The number of hydrogen-bond donors (Lipinski definition) is 1. The maximum absolute atomic E-state index is 13.8. The third-order valence-corrected chi connectivity index (χ3v) is 4.66. The molecule has 0 aliphatic heterocycles. The third-order valence-electron chi connectivity index (χ3n) is 4.66.